The smallest absolute Gasteiger partial charge is 0.130 e. The first-order chi connectivity index (χ1) is 6.16. The fourth-order valence-electron chi connectivity index (χ4n) is 1.17. The van der Waals surface area contributed by atoms with E-state index in [1.165, 1.54) is 0 Å². The lowest BCUT2D eigenvalue weighted by atomic mass is 10.1. The second-order valence-corrected chi connectivity index (χ2v) is 3.85. The van der Waals surface area contributed by atoms with Gasteiger partial charge in [0.15, 0.2) is 0 Å². The first-order valence-corrected chi connectivity index (χ1v) is 5.04. The Kier molecular flexibility index (Phi) is 3.88. The van der Waals surface area contributed by atoms with Gasteiger partial charge in [0, 0.05) is 4.47 Å². The zero-order valence-corrected chi connectivity index (χ0v) is 9.41. The second-order valence-electron chi connectivity index (χ2n) is 3.00. The molecule has 0 fully saturated rings. The summed E-state index contributed by atoms with van der Waals surface area (Å²) in [6, 6.07) is 3.72. The molecular weight excluding hydrogens is 233 g/mol. The molecule has 72 valence electrons. The maximum atomic E-state index is 13.5. The Hall–Kier alpha value is -0.410. The third kappa shape index (κ3) is 2.51. The summed E-state index contributed by atoms with van der Waals surface area (Å²) in [5, 5.41) is 3.00. The van der Waals surface area contributed by atoms with Crippen molar-refractivity contribution < 1.29 is 4.39 Å². The lowest BCUT2D eigenvalue weighted by Crippen LogP contribution is -2.11. The van der Waals surface area contributed by atoms with Crippen LogP contribution in [0.2, 0.25) is 0 Å². The number of nitrogens with one attached hydrogen (secondary N) is 1. The summed E-state index contributed by atoms with van der Waals surface area (Å²) >= 11 is 3.29. The Morgan fingerprint density at radius 2 is 2.15 bits per heavy atom. The van der Waals surface area contributed by atoms with Crippen LogP contribution in [-0.2, 0) is 6.42 Å². The molecule has 0 saturated carbocycles. The van der Waals surface area contributed by atoms with Gasteiger partial charge in [-0.3, -0.25) is 0 Å². The molecule has 0 heterocycles. The summed E-state index contributed by atoms with van der Waals surface area (Å²) in [5.74, 6) is -0.0929. The van der Waals surface area contributed by atoms with E-state index in [2.05, 4.69) is 21.2 Å². The Morgan fingerprint density at radius 3 is 2.77 bits per heavy atom. The molecule has 13 heavy (non-hydrogen) atoms. The van der Waals surface area contributed by atoms with Gasteiger partial charge in [-0.2, -0.15) is 0 Å². The van der Waals surface area contributed by atoms with Gasteiger partial charge in [0.25, 0.3) is 0 Å². The zero-order valence-electron chi connectivity index (χ0n) is 7.82. The normalized spacial score (nSPS) is 10.5. The van der Waals surface area contributed by atoms with Gasteiger partial charge in [-0.05, 0) is 44.1 Å². The molecule has 0 atom stereocenters. The molecule has 0 radical (unpaired) electrons. The number of likely N-dealkylation sites (N-methyl/N-ethyl adjacent to an activating group) is 1. The minimum Gasteiger partial charge on any atom is -0.319 e. The average molecular weight is 246 g/mol. The summed E-state index contributed by atoms with van der Waals surface area (Å²) in [4.78, 5) is 0. The van der Waals surface area contributed by atoms with Crippen LogP contribution in [0.15, 0.2) is 16.6 Å². The van der Waals surface area contributed by atoms with Crippen molar-refractivity contribution in [2.24, 2.45) is 0 Å². The van der Waals surface area contributed by atoms with Crippen molar-refractivity contribution in [2.45, 2.75) is 13.3 Å². The molecule has 0 aliphatic heterocycles. The highest BCUT2D eigenvalue weighted by Gasteiger charge is 2.07. The largest absolute Gasteiger partial charge is 0.319 e. The van der Waals surface area contributed by atoms with Gasteiger partial charge in [0.1, 0.15) is 5.82 Å². The fraction of sp³-hybridized carbons (Fsp3) is 0.400. The average Bonchev–Trinajstić information content (AvgIpc) is 2.13. The van der Waals surface area contributed by atoms with Crippen molar-refractivity contribution >= 4 is 15.9 Å². The molecule has 0 aromatic heterocycles. The molecule has 0 amide bonds. The van der Waals surface area contributed by atoms with Gasteiger partial charge >= 0.3 is 0 Å². The predicted octanol–water partition coefficient (Wildman–Crippen LogP) is 2.66. The van der Waals surface area contributed by atoms with E-state index >= 15 is 0 Å². The highest BCUT2D eigenvalue weighted by atomic mass is 79.9. The van der Waals surface area contributed by atoms with Crippen molar-refractivity contribution in [3.8, 4) is 0 Å². The minimum absolute atomic E-state index is 0.0929. The fourth-order valence-corrected chi connectivity index (χ4v) is 1.48. The van der Waals surface area contributed by atoms with Gasteiger partial charge < -0.3 is 5.32 Å². The van der Waals surface area contributed by atoms with Crippen LogP contribution in [0.4, 0.5) is 4.39 Å². The van der Waals surface area contributed by atoms with Crippen molar-refractivity contribution in [3.05, 3.63) is 33.5 Å². The van der Waals surface area contributed by atoms with Gasteiger partial charge in [-0.1, -0.05) is 22.0 Å². The molecule has 0 aliphatic rings. The molecule has 3 heteroatoms. The Labute approximate surface area is 86.5 Å². The molecule has 0 spiro atoms. The molecule has 1 aromatic carbocycles. The van der Waals surface area contributed by atoms with Crippen LogP contribution in [0.3, 0.4) is 0 Å². The third-order valence-corrected chi connectivity index (χ3v) is 2.90. The van der Waals surface area contributed by atoms with Gasteiger partial charge in [-0.25, -0.2) is 4.39 Å². The van der Waals surface area contributed by atoms with Gasteiger partial charge in [-0.15, -0.1) is 0 Å². The molecule has 0 saturated heterocycles. The van der Waals surface area contributed by atoms with E-state index in [0.29, 0.717) is 5.56 Å². The van der Waals surface area contributed by atoms with Crippen LogP contribution in [0.5, 0.6) is 0 Å². The Balaban J connectivity index is 2.90. The molecule has 1 N–H and O–H groups in total. The standard InChI is InChI=1S/C10H13BrFN/c1-7-9(11)4-3-8(10(7)12)5-6-13-2/h3-4,13H,5-6H2,1-2H3. The summed E-state index contributed by atoms with van der Waals surface area (Å²) in [6.45, 7) is 2.58. The van der Waals surface area contributed by atoms with Gasteiger partial charge in [0.05, 0.1) is 0 Å². The zero-order chi connectivity index (χ0) is 9.84. The molecule has 1 aromatic rings. The number of rotatable bonds is 3. The molecule has 0 bridgehead atoms. The predicted molar refractivity (Wildman–Crippen MR) is 56.5 cm³/mol. The van der Waals surface area contributed by atoms with Crippen molar-refractivity contribution in [2.75, 3.05) is 13.6 Å². The highest BCUT2D eigenvalue weighted by Crippen LogP contribution is 2.21. The third-order valence-electron chi connectivity index (χ3n) is 2.04. The van der Waals surface area contributed by atoms with E-state index in [9.17, 15) is 4.39 Å². The monoisotopic (exact) mass is 245 g/mol. The van der Waals surface area contributed by atoms with Gasteiger partial charge in [0.2, 0.25) is 0 Å². The van der Waals surface area contributed by atoms with Crippen LogP contribution in [0, 0.1) is 12.7 Å². The van der Waals surface area contributed by atoms with Crippen LogP contribution in [0.1, 0.15) is 11.1 Å². The van der Waals surface area contributed by atoms with Crippen molar-refractivity contribution in [3.63, 3.8) is 0 Å². The maximum Gasteiger partial charge on any atom is 0.130 e. The van der Waals surface area contributed by atoms with Crippen LogP contribution in [0.25, 0.3) is 0 Å². The molecule has 1 nitrogen and oxygen atoms in total. The Bertz CT molecular complexity index is 299. The molecular formula is C10H13BrFN. The summed E-state index contributed by atoms with van der Waals surface area (Å²) < 4.78 is 14.4. The van der Waals surface area contributed by atoms with Crippen molar-refractivity contribution in [1.82, 2.24) is 5.32 Å². The number of benzene rings is 1. The molecule has 1 rings (SSSR count). The second kappa shape index (κ2) is 4.72. The SMILES string of the molecule is CNCCc1ccc(Br)c(C)c1F. The topological polar surface area (TPSA) is 12.0 Å². The maximum absolute atomic E-state index is 13.5. The van der Waals surface area contributed by atoms with Crippen LogP contribution in [-0.4, -0.2) is 13.6 Å². The minimum atomic E-state index is -0.0929. The van der Waals surface area contributed by atoms with E-state index in [1.807, 2.05) is 19.2 Å². The van der Waals surface area contributed by atoms with E-state index < -0.39 is 0 Å². The first kappa shape index (κ1) is 10.7. The number of halogens is 2. The quantitative estimate of drug-likeness (QED) is 0.864. The summed E-state index contributed by atoms with van der Waals surface area (Å²) in [5.41, 5.74) is 1.46. The van der Waals surface area contributed by atoms with E-state index in [0.717, 1.165) is 23.0 Å². The van der Waals surface area contributed by atoms with E-state index in [1.54, 1.807) is 6.92 Å². The Morgan fingerprint density at radius 1 is 1.46 bits per heavy atom. The summed E-state index contributed by atoms with van der Waals surface area (Å²) in [7, 11) is 1.86. The van der Waals surface area contributed by atoms with E-state index in [-0.39, 0.29) is 5.82 Å². The first-order valence-electron chi connectivity index (χ1n) is 4.25. The van der Waals surface area contributed by atoms with Crippen LogP contribution >= 0.6 is 15.9 Å². The molecule has 0 aliphatic carbocycles. The lowest BCUT2D eigenvalue weighted by Gasteiger charge is -2.06. The molecule has 0 unspecified atom stereocenters. The summed E-state index contributed by atoms with van der Waals surface area (Å²) in [6.07, 6.45) is 0.733. The highest BCUT2D eigenvalue weighted by molar-refractivity contribution is 9.10. The van der Waals surface area contributed by atoms with Crippen LogP contribution < -0.4 is 5.32 Å². The lowest BCUT2D eigenvalue weighted by molar-refractivity contribution is 0.595. The number of hydrogen-bond acceptors (Lipinski definition) is 1. The van der Waals surface area contributed by atoms with E-state index in [4.69, 9.17) is 0 Å². The number of hydrogen-bond donors (Lipinski definition) is 1. The van der Waals surface area contributed by atoms with Crippen molar-refractivity contribution in [1.29, 1.82) is 0 Å².